The minimum absolute atomic E-state index is 0.116. The number of halogens is 3. The molecule has 0 atom stereocenters. The van der Waals surface area contributed by atoms with Gasteiger partial charge in [0.2, 0.25) is 5.91 Å². The summed E-state index contributed by atoms with van der Waals surface area (Å²) < 4.78 is 37.7. The van der Waals surface area contributed by atoms with Crippen LogP contribution in [0.2, 0.25) is 0 Å². The van der Waals surface area contributed by atoms with Crippen LogP contribution >= 0.6 is 0 Å². The van der Waals surface area contributed by atoms with E-state index in [1.807, 2.05) is 19.1 Å². The average Bonchev–Trinajstić information content (AvgIpc) is 2.47. The first kappa shape index (κ1) is 15.9. The van der Waals surface area contributed by atoms with E-state index in [-0.39, 0.29) is 18.1 Å². The van der Waals surface area contributed by atoms with Crippen LogP contribution in [-0.4, -0.2) is 12.5 Å². The molecule has 0 aromatic heterocycles. The summed E-state index contributed by atoms with van der Waals surface area (Å²) in [5, 5.41) is 5.34. The van der Waals surface area contributed by atoms with E-state index in [4.69, 9.17) is 0 Å². The average molecular weight is 308 g/mol. The van der Waals surface area contributed by atoms with Crippen LogP contribution in [-0.2, 0) is 11.0 Å². The van der Waals surface area contributed by atoms with Gasteiger partial charge in [0, 0.05) is 11.4 Å². The molecule has 1 amide bonds. The van der Waals surface area contributed by atoms with Crippen molar-refractivity contribution in [3.05, 3.63) is 59.7 Å². The van der Waals surface area contributed by atoms with Gasteiger partial charge in [0.05, 0.1) is 12.1 Å². The molecule has 0 saturated carbocycles. The van der Waals surface area contributed by atoms with Gasteiger partial charge in [0.25, 0.3) is 0 Å². The van der Waals surface area contributed by atoms with Crippen molar-refractivity contribution in [1.29, 1.82) is 0 Å². The molecule has 116 valence electrons. The van der Waals surface area contributed by atoms with E-state index in [0.29, 0.717) is 5.69 Å². The molecule has 0 aliphatic heterocycles. The summed E-state index contributed by atoms with van der Waals surface area (Å²) in [6, 6.07) is 12.0. The molecule has 0 bridgehead atoms. The molecule has 0 spiro atoms. The van der Waals surface area contributed by atoms with E-state index in [9.17, 15) is 18.0 Å². The molecule has 0 aliphatic carbocycles. The van der Waals surface area contributed by atoms with Crippen LogP contribution in [0.5, 0.6) is 0 Å². The number of carbonyl (C=O) groups excluding carboxylic acids is 1. The fraction of sp³-hybridized carbons (Fsp3) is 0.188. The first-order chi connectivity index (χ1) is 10.3. The molecule has 0 saturated heterocycles. The minimum atomic E-state index is -4.40. The highest BCUT2D eigenvalue weighted by Gasteiger charge is 2.30. The van der Waals surface area contributed by atoms with Gasteiger partial charge in [-0.3, -0.25) is 4.79 Å². The van der Waals surface area contributed by atoms with E-state index in [0.717, 1.165) is 17.7 Å². The van der Waals surface area contributed by atoms with Crippen molar-refractivity contribution in [2.24, 2.45) is 0 Å². The lowest BCUT2D eigenvalue weighted by Crippen LogP contribution is -2.21. The van der Waals surface area contributed by atoms with Crippen LogP contribution in [0.1, 0.15) is 11.1 Å². The first-order valence-electron chi connectivity index (χ1n) is 6.62. The maximum atomic E-state index is 12.6. The van der Waals surface area contributed by atoms with E-state index in [1.165, 1.54) is 12.1 Å². The summed E-state index contributed by atoms with van der Waals surface area (Å²) in [7, 11) is 0. The van der Waals surface area contributed by atoms with Gasteiger partial charge in [-0.2, -0.15) is 13.2 Å². The maximum absolute atomic E-state index is 12.6. The highest BCUT2D eigenvalue weighted by atomic mass is 19.4. The molecular weight excluding hydrogens is 293 g/mol. The molecule has 0 fully saturated rings. The standard InChI is InChI=1S/C16H15F3N2O/c1-11-5-7-13(8-6-11)21-15(22)10-20-14-4-2-3-12(9-14)16(17,18)19/h2-9,20H,10H2,1H3,(H,21,22). The van der Waals surface area contributed by atoms with E-state index in [1.54, 1.807) is 12.1 Å². The van der Waals surface area contributed by atoms with Gasteiger partial charge in [-0.1, -0.05) is 23.8 Å². The third-order valence-electron chi connectivity index (χ3n) is 2.98. The van der Waals surface area contributed by atoms with Crippen LogP contribution in [0.25, 0.3) is 0 Å². The summed E-state index contributed by atoms with van der Waals surface area (Å²) >= 11 is 0. The molecular formula is C16H15F3N2O. The molecule has 2 N–H and O–H groups in total. The molecule has 0 aliphatic rings. The number of anilines is 2. The predicted octanol–water partition coefficient (Wildman–Crippen LogP) is 4.06. The molecule has 2 aromatic carbocycles. The normalized spacial score (nSPS) is 11.1. The Morgan fingerprint density at radius 3 is 2.36 bits per heavy atom. The lowest BCUT2D eigenvalue weighted by atomic mass is 10.2. The fourth-order valence-corrected chi connectivity index (χ4v) is 1.83. The molecule has 6 heteroatoms. The summed E-state index contributed by atoms with van der Waals surface area (Å²) in [5.74, 6) is -0.332. The van der Waals surface area contributed by atoms with E-state index in [2.05, 4.69) is 10.6 Å². The summed E-state index contributed by atoms with van der Waals surface area (Å²) in [6.45, 7) is 1.82. The summed E-state index contributed by atoms with van der Waals surface area (Å²) in [4.78, 5) is 11.8. The van der Waals surface area contributed by atoms with Crippen molar-refractivity contribution in [3.8, 4) is 0 Å². The maximum Gasteiger partial charge on any atom is 0.416 e. The Kier molecular flexibility index (Phi) is 4.70. The molecule has 3 nitrogen and oxygen atoms in total. The SMILES string of the molecule is Cc1ccc(NC(=O)CNc2cccc(C(F)(F)F)c2)cc1. The second kappa shape index (κ2) is 6.51. The Labute approximate surface area is 126 Å². The van der Waals surface area contributed by atoms with Gasteiger partial charge in [-0.25, -0.2) is 0 Å². The fourth-order valence-electron chi connectivity index (χ4n) is 1.83. The van der Waals surface area contributed by atoms with Gasteiger partial charge in [0.1, 0.15) is 0 Å². The van der Waals surface area contributed by atoms with Gasteiger partial charge in [-0.05, 0) is 37.3 Å². The van der Waals surface area contributed by atoms with E-state index < -0.39 is 11.7 Å². The predicted molar refractivity (Wildman–Crippen MR) is 79.7 cm³/mol. The molecule has 2 aromatic rings. The number of rotatable bonds is 4. The second-order valence-electron chi connectivity index (χ2n) is 4.85. The van der Waals surface area contributed by atoms with Crippen LogP contribution in [0.3, 0.4) is 0 Å². The number of alkyl halides is 3. The summed E-state index contributed by atoms with van der Waals surface area (Å²) in [6.07, 6.45) is -4.40. The lowest BCUT2D eigenvalue weighted by Gasteiger charge is -2.11. The van der Waals surface area contributed by atoms with Crippen molar-refractivity contribution in [2.75, 3.05) is 17.2 Å². The van der Waals surface area contributed by atoms with Crippen LogP contribution in [0.4, 0.5) is 24.5 Å². The van der Waals surface area contributed by atoms with Crippen molar-refractivity contribution in [3.63, 3.8) is 0 Å². The van der Waals surface area contributed by atoms with Crippen molar-refractivity contribution in [2.45, 2.75) is 13.1 Å². The van der Waals surface area contributed by atoms with E-state index >= 15 is 0 Å². The Morgan fingerprint density at radius 2 is 1.73 bits per heavy atom. The number of aryl methyl sites for hydroxylation is 1. The lowest BCUT2D eigenvalue weighted by molar-refractivity contribution is -0.137. The number of hydrogen-bond donors (Lipinski definition) is 2. The molecule has 0 radical (unpaired) electrons. The highest BCUT2D eigenvalue weighted by molar-refractivity contribution is 5.93. The quantitative estimate of drug-likeness (QED) is 0.894. The molecule has 22 heavy (non-hydrogen) atoms. The third-order valence-corrected chi connectivity index (χ3v) is 2.98. The van der Waals surface area contributed by atoms with Crippen molar-refractivity contribution >= 4 is 17.3 Å². The largest absolute Gasteiger partial charge is 0.416 e. The Hall–Kier alpha value is -2.50. The smallest absolute Gasteiger partial charge is 0.376 e. The highest BCUT2D eigenvalue weighted by Crippen LogP contribution is 2.30. The molecule has 0 unspecified atom stereocenters. The van der Waals surface area contributed by atoms with Crippen LogP contribution < -0.4 is 10.6 Å². The van der Waals surface area contributed by atoms with Crippen molar-refractivity contribution < 1.29 is 18.0 Å². The first-order valence-corrected chi connectivity index (χ1v) is 6.62. The Bertz CT molecular complexity index is 651. The third kappa shape index (κ3) is 4.51. The zero-order chi connectivity index (χ0) is 16.2. The summed E-state index contributed by atoms with van der Waals surface area (Å²) in [5.41, 5.74) is 1.20. The Morgan fingerprint density at radius 1 is 1.05 bits per heavy atom. The topological polar surface area (TPSA) is 41.1 Å². The number of hydrogen-bond acceptors (Lipinski definition) is 2. The van der Waals surface area contributed by atoms with Crippen LogP contribution in [0, 0.1) is 6.92 Å². The zero-order valence-electron chi connectivity index (χ0n) is 11.9. The monoisotopic (exact) mass is 308 g/mol. The number of benzene rings is 2. The number of amides is 1. The van der Waals surface area contributed by atoms with Crippen molar-refractivity contribution in [1.82, 2.24) is 0 Å². The second-order valence-corrected chi connectivity index (χ2v) is 4.85. The number of nitrogens with one attached hydrogen (secondary N) is 2. The van der Waals surface area contributed by atoms with Gasteiger partial charge in [0.15, 0.2) is 0 Å². The van der Waals surface area contributed by atoms with Crippen LogP contribution in [0.15, 0.2) is 48.5 Å². The van der Waals surface area contributed by atoms with Gasteiger partial charge >= 0.3 is 6.18 Å². The minimum Gasteiger partial charge on any atom is -0.376 e. The van der Waals surface area contributed by atoms with Gasteiger partial charge in [-0.15, -0.1) is 0 Å². The zero-order valence-corrected chi connectivity index (χ0v) is 11.9. The molecule has 0 heterocycles. The Balaban J connectivity index is 1.92. The van der Waals surface area contributed by atoms with Gasteiger partial charge < -0.3 is 10.6 Å². The number of carbonyl (C=O) groups is 1. The molecule has 2 rings (SSSR count).